The Morgan fingerprint density at radius 3 is 1.60 bits per heavy atom. The third kappa shape index (κ3) is 2.38. The molecule has 0 fully saturated rings. The second-order valence-corrected chi connectivity index (χ2v) is 7.36. The maximum atomic E-state index is 10.2. The van der Waals surface area contributed by atoms with Crippen molar-refractivity contribution >= 4 is 21.8 Å². The molecular formula is C26H18N4. The molecule has 0 radical (unpaired) electrons. The van der Waals surface area contributed by atoms with Crippen LogP contribution in [0.25, 0.3) is 21.8 Å². The van der Waals surface area contributed by atoms with Crippen LogP contribution >= 0.6 is 0 Å². The third-order valence-electron chi connectivity index (χ3n) is 5.95. The SMILES string of the molecule is N#CC(C#N)C(c1ccccc1)(c1c[nH]c2ccccc12)c1c[nH]c2ccccc12. The van der Waals surface area contributed by atoms with Gasteiger partial charge in [0.15, 0.2) is 5.92 Å². The fourth-order valence-electron chi connectivity index (χ4n) is 4.65. The van der Waals surface area contributed by atoms with Crippen LogP contribution in [0.1, 0.15) is 16.7 Å². The first-order valence-corrected chi connectivity index (χ1v) is 9.78. The summed E-state index contributed by atoms with van der Waals surface area (Å²) < 4.78 is 0. The molecule has 0 aliphatic carbocycles. The number of aromatic nitrogens is 2. The standard InChI is InChI=1S/C26H18N4/c27-14-19(15-28)26(18-8-2-1-3-9-18,22-16-29-24-12-6-4-10-20(22)24)23-17-30-25-13-7-5-11-21(23)25/h1-13,16-17,19,29-30H. The number of aromatic amines is 2. The highest BCUT2D eigenvalue weighted by Gasteiger charge is 2.47. The highest BCUT2D eigenvalue weighted by atomic mass is 14.7. The van der Waals surface area contributed by atoms with Crippen molar-refractivity contribution in [3.05, 3.63) is 108 Å². The number of fused-ring (bicyclic) bond motifs is 2. The Hall–Kier alpha value is -4.28. The molecule has 3 aromatic carbocycles. The van der Waals surface area contributed by atoms with E-state index in [1.807, 2.05) is 91.3 Å². The number of nitrogens with one attached hydrogen (secondary N) is 2. The molecule has 2 N–H and O–H groups in total. The molecule has 0 aliphatic heterocycles. The van der Waals surface area contributed by atoms with Gasteiger partial charge in [0, 0.05) is 34.2 Å². The van der Waals surface area contributed by atoms with E-state index in [1.54, 1.807) is 0 Å². The van der Waals surface area contributed by atoms with Gasteiger partial charge in [-0.25, -0.2) is 0 Å². The number of nitriles is 2. The molecule has 0 unspecified atom stereocenters. The molecule has 4 heteroatoms. The summed E-state index contributed by atoms with van der Waals surface area (Å²) in [6, 6.07) is 30.5. The topological polar surface area (TPSA) is 79.2 Å². The van der Waals surface area contributed by atoms with Crippen LogP contribution in [0.15, 0.2) is 91.3 Å². The normalized spacial score (nSPS) is 11.6. The lowest BCUT2D eigenvalue weighted by atomic mass is 9.62. The number of rotatable bonds is 4. The molecule has 0 amide bonds. The molecule has 30 heavy (non-hydrogen) atoms. The molecule has 2 heterocycles. The number of benzene rings is 3. The first-order valence-electron chi connectivity index (χ1n) is 9.78. The van der Waals surface area contributed by atoms with Crippen molar-refractivity contribution < 1.29 is 0 Å². The highest BCUT2D eigenvalue weighted by molar-refractivity contribution is 5.91. The summed E-state index contributed by atoms with van der Waals surface area (Å²) in [5.41, 5.74) is 3.73. The number of hydrogen-bond donors (Lipinski definition) is 2. The van der Waals surface area contributed by atoms with Gasteiger partial charge in [-0.2, -0.15) is 10.5 Å². The Morgan fingerprint density at radius 2 is 1.10 bits per heavy atom. The minimum atomic E-state index is -0.968. The van der Waals surface area contributed by atoms with Gasteiger partial charge in [-0.1, -0.05) is 66.7 Å². The van der Waals surface area contributed by atoms with Crippen molar-refractivity contribution in [1.82, 2.24) is 9.97 Å². The first-order chi connectivity index (χ1) is 14.8. The van der Waals surface area contributed by atoms with Gasteiger partial charge in [0.05, 0.1) is 17.6 Å². The second kappa shape index (κ2) is 6.95. The van der Waals surface area contributed by atoms with Crippen LogP contribution in [0.3, 0.4) is 0 Å². The summed E-state index contributed by atoms with van der Waals surface area (Å²) in [5.74, 6) is -0.932. The average molecular weight is 386 g/mol. The number of hydrogen-bond acceptors (Lipinski definition) is 2. The predicted octanol–water partition coefficient (Wildman–Crippen LogP) is 5.65. The Morgan fingerprint density at radius 1 is 0.633 bits per heavy atom. The molecule has 4 nitrogen and oxygen atoms in total. The molecule has 5 rings (SSSR count). The summed E-state index contributed by atoms with van der Waals surface area (Å²) in [7, 11) is 0. The second-order valence-electron chi connectivity index (χ2n) is 7.36. The van der Waals surface area contributed by atoms with Gasteiger partial charge in [0.1, 0.15) is 0 Å². The summed E-state index contributed by atoms with van der Waals surface area (Å²) in [5, 5.41) is 22.3. The maximum Gasteiger partial charge on any atom is 0.151 e. The van der Waals surface area contributed by atoms with Crippen molar-refractivity contribution in [2.45, 2.75) is 5.41 Å². The van der Waals surface area contributed by atoms with Gasteiger partial charge in [-0.05, 0) is 28.8 Å². The Kier molecular flexibility index (Phi) is 4.12. The van der Waals surface area contributed by atoms with E-state index in [2.05, 4.69) is 22.1 Å². The Balaban J connectivity index is 2.00. The minimum Gasteiger partial charge on any atom is -0.361 e. The quantitative estimate of drug-likeness (QED) is 0.419. The van der Waals surface area contributed by atoms with E-state index in [1.165, 1.54) is 0 Å². The third-order valence-corrected chi connectivity index (χ3v) is 5.95. The lowest BCUT2D eigenvalue weighted by Crippen LogP contribution is -2.36. The van der Waals surface area contributed by atoms with Crippen molar-refractivity contribution in [2.24, 2.45) is 5.92 Å². The van der Waals surface area contributed by atoms with Crippen molar-refractivity contribution in [3.8, 4) is 12.1 Å². The van der Waals surface area contributed by atoms with E-state index in [9.17, 15) is 10.5 Å². The molecule has 0 aliphatic rings. The summed E-state index contributed by atoms with van der Waals surface area (Å²) in [6.45, 7) is 0. The maximum absolute atomic E-state index is 10.2. The van der Waals surface area contributed by atoms with Crippen LogP contribution in [0.4, 0.5) is 0 Å². The van der Waals surface area contributed by atoms with Crippen molar-refractivity contribution in [2.75, 3.05) is 0 Å². The smallest absolute Gasteiger partial charge is 0.151 e. The van der Waals surface area contributed by atoms with Gasteiger partial charge < -0.3 is 9.97 Å². The molecule has 2 aromatic heterocycles. The summed E-state index contributed by atoms with van der Waals surface area (Å²) in [4.78, 5) is 6.69. The van der Waals surface area contributed by atoms with Crippen LogP contribution in [0.5, 0.6) is 0 Å². The zero-order valence-corrected chi connectivity index (χ0v) is 16.1. The molecule has 0 saturated carbocycles. The van der Waals surface area contributed by atoms with Crippen LogP contribution < -0.4 is 0 Å². The largest absolute Gasteiger partial charge is 0.361 e. The molecule has 0 atom stereocenters. The first kappa shape index (κ1) is 17.8. The van der Waals surface area contributed by atoms with Crippen molar-refractivity contribution in [3.63, 3.8) is 0 Å². The van der Waals surface area contributed by atoms with Gasteiger partial charge in [0.25, 0.3) is 0 Å². The van der Waals surface area contributed by atoms with E-state index < -0.39 is 11.3 Å². The summed E-state index contributed by atoms with van der Waals surface area (Å²) >= 11 is 0. The summed E-state index contributed by atoms with van der Waals surface area (Å²) in [6.07, 6.45) is 3.89. The lowest BCUT2D eigenvalue weighted by Gasteiger charge is -2.35. The molecular weight excluding hydrogens is 368 g/mol. The average Bonchev–Trinajstić information content (AvgIpc) is 3.43. The predicted molar refractivity (Wildman–Crippen MR) is 118 cm³/mol. The van der Waals surface area contributed by atoms with Gasteiger partial charge in [-0.3, -0.25) is 0 Å². The van der Waals surface area contributed by atoms with E-state index in [4.69, 9.17) is 0 Å². The van der Waals surface area contributed by atoms with E-state index in [-0.39, 0.29) is 0 Å². The van der Waals surface area contributed by atoms with Gasteiger partial charge in [0.2, 0.25) is 0 Å². The van der Waals surface area contributed by atoms with Crippen LogP contribution in [0.2, 0.25) is 0 Å². The van der Waals surface area contributed by atoms with Crippen LogP contribution in [-0.4, -0.2) is 9.97 Å². The zero-order valence-electron chi connectivity index (χ0n) is 16.1. The highest BCUT2D eigenvalue weighted by Crippen LogP contribution is 2.49. The van der Waals surface area contributed by atoms with E-state index in [0.717, 1.165) is 38.5 Å². The van der Waals surface area contributed by atoms with Crippen molar-refractivity contribution in [1.29, 1.82) is 10.5 Å². The van der Waals surface area contributed by atoms with Crippen LogP contribution in [0, 0.1) is 28.6 Å². The molecule has 0 bridgehead atoms. The van der Waals surface area contributed by atoms with E-state index >= 15 is 0 Å². The van der Waals surface area contributed by atoms with E-state index in [0.29, 0.717) is 0 Å². The number of nitrogens with zero attached hydrogens (tertiary/aromatic N) is 2. The Labute approximate surface area is 174 Å². The lowest BCUT2D eigenvalue weighted by molar-refractivity contribution is 0.550. The fourth-order valence-corrected chi connectivity index (χ4v) is 4.65. The fraction of sp³-hybridized carbons (Fsp3) is 0.0769. The number of H-pyrrole nitrogens is 2. The minimum absolute atomic E-state index is 0.910. The van der Waals surface area contributed by atoms with Gasteiger partial charge >= 0.3 is 0 Å². The molecule has 142 valence electrons. The Bertz CT molecular complexity index is 1340. The zero-order chi connectivity index (χ0) is 20.6. The van der Waals surface area contributed by atoms with Crippen LogP contribution in [-0.2, 0) is 5.41 Å². The monoisotopic (exact) mass is 386 g/mol. The van der Waals surface area contributed by atoms with Gasteiger partial charge in [-0.15, -0.1) is 0 Å². The molecule has 5 aromatic rings. The number of para-hydroxylation sites is 2. The molecule has 0 spiro atoms. The molecule has 0 saturated heterocycles.